The van der Waals surface area contributed by atoms with Gasteiger partial charge in [0.15, 0.2) is 4.80 Å². The van der Waals surface area contributed by atoms with Crippen LogP contribution in [-0.2, 0) is 13.5 Å². The number of carbonyl (C=O) groups is 1. The lowest BCUT2D eigenvalue weighted by Crippen LogP contribution is -2.14. The molecule has 0 saturated heterocycles. The van der Waals surface area contributed by atoms with E-state index >= 15 is 0 Å². The molecule has 1 heterocycles. The minimum atomic E-state index is -0.226. The van der Waals surface area contributed by atoms with Crippen LogP contribution in [0.4, 0.5) is 0 Å². The van der Waals surface area contributed by atoms with Gasteiger partial charge in [-0.25, -0.2) is 0 Å². The third-order valence-electron chi connectivity index (χ3n) is 3.74. The number of aromatic nitrogens is 1. The summed E-state index contributed by atoms with van der Waals surface area (Å²) in [5, 5.41) is 0. The standard InChI is InChI=1S/C19H17BrN2OS/c1-3-16-17(13-8-5-4-6-9-13)22(2)19(24-16)21-18(23)14-10-7-11-15(20)12-14/h4-12H,3H2,1-2H3. The zero-order valence-electron chi connectivity index (χ0n) is 13.5. The van der Waals surface area contributed by atoms with Gasteiger partial charge in [-0.2, -0.15) is 4.99 Å². The molecule has 0 unspecified atom stereocenters. The third-order valence-corrected chi connectivity index (χ3v) is 5.51. The van der Waals surface area contributed by atoms with E-state index in [2.05, 4.69) is 40.0 Å². The van der Waals surface area contributed by atoms with Gasteiger partial charge in [0.1, 0.15) is 0 Å². The average molecular weight is 401 g/mol. The molecule has 5 heteroatoms. The number of amides is 1. The number of rotatable bonds is 3. The van der Waals surface area contributed by atoms with Gasteiger partial charge in [0, 0.05) is 22.0 Å². The van der Waals surface area contributed by atoms with Gasteiger partial charge in [0.2, 0.25) is 0 Å². The third kappa shape index (κ3) is 3.42. The van der Waals surface area contributed by atoms with Crippen molar-refractivity contribution in [1.29, 1.82) is 0 Å². The van der Waals surface area contributed by atoms with Crippen LogP contribution >= 0.6 is 27.3 Å². The van der Waals surface area contributed by atoms with E-state index in [0.29, 0.717) is 5.56 Å². The lowest BCUT2D eigenvalue weighted by molar-refractivity contribution is 0.0998. The highest BCUT2D eigenvalue weighted by Gasteiger charge is 2.13. The summed E-state index contributed by atoms with van der Waals surface area (Å²) in [6.45, 7) is 2.12. The Balaban J connectivity index is 2.09. The Morgan fingerprint density at radius 3 is 2.58 bits per heavy atom. The molecular formula is C19H17BrN2OS. The van der Waals surface area contributed by atoms with Gasteiger partial charge in [0.05, 0.1) is 5.69 Å². The summed E-state index contributed by atoms with van der Waals surface area (Å²) in [4.78, 5) is 18.8. The molecule has 3 nitrogen and oxygen atoms in total. The molecule has 122 valence electrons. The van der Waals surface area contributed by atoms with Gasteiger partial charge >= 0.3 is 0 Å². The van der Waals surface area contributed by atoms with E-state index < -0.39 is 0 Å². The normalized spacial score (nSPS) is 11.7. The molecule has 2 aromatic carbocycles. The van der Waals surface area contributed by atoms with Crippen LogP contribution in [0.2, 0.25) is 0 Å². The van der Waals surface area contributed by atoms with E-state index in [1.54, 1.807) is 23.5 Å². The number of thiazole rings is 1. The lowest BCUT2D eigenvalue weighted by atomic mass is 10.1. The van der Waals surface area contributed by atoms with Gasteiger partial charge in [-0.1, -0.05) is 59.3 Å². The van der Waals surface area contributed by atoms with Crippen LogP contribution in [-0.4, -0.2) is 10.5 Å². The van der Waals surface area contributed by atoms with E-state index in [0.717, 1.165) is 27.0 Å². The molecule has 24 heavy (non-hydrogen) atoms. The zero-order valence-corrected chi connectivity index (χ0v) is 15.9. The molecule has 3 aromatic rings. The van der Waals surface area contributed by atoms with Crippen LogP contribution in [0.15, 0.2) is 64.1 Å². The summed E-state index contributed by atoms with van der Waals surface area (Å²) in [6.07, 6.45) is 0.906. The summed E-state index contributed by atoms with van der Waals surface area (Å²) < 4.78 is 2.88. The predicted octanol–water partition coefficient (Wildman–Crippen LogP) is 4.82. The van der Waals surface area contributed by atoms with Crippen LogP contribution in [0.25, 0.3) is 11.3 Å². The van der Waals surface area contributed by atoms with Crippen molar-refractivity contribution in [3.05, 3.63) is 74.3 Å². The van der Waals surface area contributed by atoms with Gasteiger partial charge < -0.3 is 4.57 Å². The van der Waals surface area contributed by atoms with Crippen LogP contribution in [0.3, 0.4) is 0 Å². The number of benzene rings is 2. The first-order valence-corrected chi connectivity index (χ1v) is 9.30. The number of aryl methyl sites for hydroxylation is 1. The van der Waals surface area contributed by atoms with E-state index in [9.17, 15) is 4.79 Å². The number of hydrogen-bond acceptors (Lipinski definition) is 2. The average Bonchev–Trinajstić information content (AvgIpc) is 2.91. The smallest absolute Gasteiger partial charge is 0.279 e. The van der Waals surface area contributed by atoms with Crippen LogP contribution < -0.4 is 4.80 Å². The van der Waals surface area contributed by atoms with Crippen molar-refractivity contribution in [2.45, 2.75) is 13.3 Å². The highest BCUT2D eigenvalue weighted by Crippen LogP contribution is 2.25. The maximum Gasteiger partial charge on any atom is 0.279 e. The van der Waals surface area contributed by atoms with Gasteiger partial charge in [-0.3, -0.25) is 4.79 Å². The molecular weight excluding hydrogens is 384 g/mol. The van der Waals surface area contributed by atoms with Crippen molar-refractivity contribution in [2.24, 2.45) is 12.0 Å². The molecule has 1 amide bonds. The molecule has 0 atom stereocenters. The van der Waals surface area contributed by atoms with Crippen LogP contribution in [0, 0.1) is 0 Å². The summed E-state index contributed by atoms with van der Waals surface area (Å²) in [6, 6.07) is 17.5. The minimum Gasteiger partial charge on any atom is -0.319 e. The molecule has 0 N–H and O–H groups in total. The van der Waals surface area contributed by atoms with Crippen LogP contribution in [0.5, 0.6) is 0 Å². The molecule has 0 aliphatic carbocycles. The molecule has 0 spiro atoms. The first-order valence-electron chi connectivity index (χ1n) is 7.69. The first kappa shape index (κ1) is 16.9. The Morgan fingerprint density at radius 1 is 1.17 bits per heavy atom. The molecule has 0 bridgehead atoms. The highest BCUT2D eigenvalue weighted by atomic mass is 79.9. The van der Waals surface area contributed by atoms with Crippen molar-refractivity contribution in [2.75, 3.05) is 0 Å². The molecule has 0 aliphatic rings. The Bertz CT molecular complexity index is 942. The van der Waals surface area contributed by atoms with E-state index in [4.69, 9.17) is 0 Å². The predicted molar refractivity (Wildman–Crippen MR) is 102 cm³/mol. The van der Waals surface area contributed by atoms with Crippen molar-refractivity contribution in [1.82, 2.24) is 4.57 Å². The fraction of sp³-hybridized carbons (Fsp3) is 0.158. The topological polar surface area (TPSA) is 34.4 Å². The Hall–Kier alpha value is -1.98. The minimum absolute atomic E-state index is 0.226. The van der Waals surface area contributed by atoms with Crippen LogP contribution in [0.1, 0.15) is 22.2 Å². The molecule has 0 fully saturated rings. The molecule has 3 rings (SSSR count). The molecule has 0 radical (unpaired) electrons. The van der Waals surface area contributed by atoms with Crippen molar-refractivity contribution in [3.8, 4) is 11.3 Å². The van der Waals surface area contributed by atoms with Gasteiger partial charge in [-0.05, 0) is 30.2 Å². The zero-order chi connectivity index (χ0) is 17.1. The molecule has 1 aromatic heterocycles. The lowest BCUT2D eigenvalue weighted by Gasteiger charge is -2.05. The Labute approximate surface area is 153 Å². The summed E-state index contributed by atoms with van der Waals surface area (Å²) in [7, 11) is 1.96. The van der Waals surface area contributed by atoms with E-state index in [1.165, 1.54) is 4.88 Å². The molecule has 0 aliphatic heterocycles. The van der Waals surface area contributed by atoms with Gasteiger partial charge in [0.25, 0.3) is 5.91 Å². The fourth-order valence-electron chi connectivity index (χ4n) is 2.57. The van der Waals surface area contributed by atoms with E-state index in [1.807, 2.05) is 41.9 Å². The summed E-state index contributed by atoms with van der Waals surface area (Å²) >= 11 is 4.96. The first-order chi connectivity index (χ1) is 11.6. The maximum atomic E-state index is 12.5. The number of hydrogen-bond donors (Lipinski definition) is 0. The number of carbonyl (C=O) groups excluding carboxylic acids is 1. The number of nitrogens with zero attached hydrogens (tertiary/aromatic N) is 2. The van der Waals surface area contributed by atoms with Crippen molar-refractivity contribution in [3.63, 3.8) is 0 Å². The van der Waals surface area contributed by atoms with Gasteiger partial charge in [-0.15, -0.1) is 11.3 Å². The molecule has 0 saturated carbocycles. The second-order valence-corrected chi connectivity index (χ2v) is 7.34. The second-order valence-electron chi connectivity index (χ2n) is 5.36. The summed E-state index contributed by atoms with van der Waals surface area (Å²) in [5.74, 6) is -0.226. The Kier molecular flexibility index (Phi) is 5.11. The highest BCUT2D eigenvalue weighted by molar-refractivity contribution is 9.10. The fourth-order valence-corrected chi connectivity index (χ4v) is 4.04. The maximum absolute atomic E-state index is 12.5. The summed E-state index contributed by atoms with van der Waals surface area (Å²) in [5.41, 5.74) is 2.85. The quantitative estimate of drug-likeness (QED) is 0.620. The SMILES string of the molecule is CCc1sc(=NC(=O)c2cccc(Br)c2)n(C)c1-c1ccccc1. The van der Waals surface area contributed by atoms with E-state index in [-0.39, 0.29) is 5.91 Å². The van der Waals surface area contributed by atoms with Crippen molar-refractivity contribution < 1.29 is 4.79 Å². The Morgan fingerprint density at radius 2 is 1.92 bits per heavy atom. The largest absolute Gasteiger partial charge is 0.319 e. The monoisotopic (exact) mass is 400 g/mol. The number of halogens is 1. The second kappa shape index (κ2) is 7.28. The van der Waals surface area contributed by atoms with Crippen molar-refractivity contribution >= 4 is 33.2 Å².